The summed E-state index contributed by atoms with van der Waals surface area (Å²) >= 11 is 0. The topological polar surface area (TPSA) is 83.0 Å². The molecule has 4 aliphatic rings. The quantitative estimate of drug-likeness (QED) is 0.215. The fourth-order valence-electron chi connectivity index (χ4n) is 5.28. The molecule has 4 atom stereocenters. The normalized spacial score (nSPS) is 31.9. The van der Waals surface area contributed by atoms with Crippen molar-refractivity contribution in [2.75, 3.05) is 33.3 Å². The number of likely N-dealkylation sites (tertiary alicyclic amines) is 1. The lowest BCUT2D eigenvalue weighted by Gasteiger charge is -2.18. The van der Waals surface area contributed by atoms with Crippen molar-refractivity contribution >= 4 is 17.8 Å². The van der Waals surface area contributed by atoms with Gasteiger partial charge in [0.2, 0.25) is 11.8 Å². The fraction of sp³-hybridized carbons (Fsp3) is 0.762. The number of carbonyl (C=O) groups is 2. The zero-order valence-electron chi connectivity index (χ0n) is 16.7. The van der Waals surface area contributed by atoms with E-state index in [4.69, 9.17) is 4.74 Å². The molecule has 3 fully saturated rings. The molecule has 7 heteroatoms. The Kier molecular flexibility index (Phi) is 5.99. The fourth-order valence-corrected chi connectivity index (χ4v) is 5.28. The average Bonchev–Trinajstić information content (AvgIpc) is 3.47. The van der Waals surface area contributed by atoms with Gasteiger partial charge in [0, 0.05) is 33.3 Å². The van der Waals surface area contributed by atoms with Gasteiger partial charge in [0.1, 0.15) is 0 Å². The van der Waals surface area contributed by atoms with E-state index in [1.54, 1.807) is 7.05 Å². The summed E-state index contributed by atoms with van der Waals surface area (Å²) in [4.78, 5) is 31.0. The number of fused-ring (bicyclic) bond motifs is 5. The SMILES string of the molecule is CN=C(NCCCOC1CCCC1)NCCN1C(=O)C2C3C=CC(C3)C2C1=O. The van der Waals surface area contributed by atoms with E-state index < -0.39 is 0 Å². The number of carbonyl (C=O) groups excluding carboxylic acids is 2. The molecular formula is C21H32N4O3. The largest absolute Gasteiger partial charge is 0.378 e. The van der Waals surface area contributed by atoms with E-state index in [-0.39, 0.29) is 35.5 Å². The van der Waals surface area contributed by atoms with Gasteiger partial charge in [0.05, 0.1) is 17.9 Å². The molecule has 4 unspecified atom stereocenters. The molecule has 2 bridgehead atoms. The van der Waals surface area contributed by atoms with Crippen LogP contribution in [-0.2, 0) is 14.3 Å². The maximum atomic E-state index is 12.7. The minimum absolute atomic E-state index is 0.0145. The summed E-state index contributed by atoms with van der Waals surface area (Å²) in [5.41, 5.74) is 0. The molecule has 0 aromatic heterocycles. The van der Waals surface area contributed by atoms with E-state index in [9.17, 15) is 9.59 Å². The van der Waals surface area contributed by atoms with E-state index >= 15 is 0 Å². The molecular weight excluding hydrogens is 356 g/mol. The Morgan fingerprint density at radius 2 is 1.75 bits per heavy atom. The third kappa shape index (κ3) is 3.81. The Morgan fingerprint density at radius 1 is 1.11 bits per heavy atom. The van der Waals surface area contributed by atoms with Crippen LogP contribution in [0.25, 0.3) is 0 Å². The van der Waals surface area contributed by atoms with Crippen LogP contribution in [0.2, 0.25) is 0 Å². The predicted octanol–water partition coefficient (Wildman–Crippen LogP) is 1.31. The molecule has 2 amide bonds. The Bertz CT molecular complexity index is 626. The molecule has 0 spiro atoms. The van der Waals surface area contributed by atoms with E-state index in [0.29, 0.717) is 25.2 Å². The van der Waals surface area contributed by atoms with Crippen LogP contribution in [0.15, 0.2) is 17.1 Å². The number of hydrogen-bond donors (Lipinski definition) is 2. The second-order valence-electron chi connectivity index (χ2n) is 8.38. The number of hydrogen-bond acceptors (Lipinski definition) is 4. The number of ether oxygens (including phenoxy) is 1. The van der Waals surface area contributed by atoms with Gasteiger partial charge in [-0.3, -0.25) is 19.5 Å². The minimum Gasteiger partial charge on any atom is -0.378 e. The number of nitrogens with one attached hydrogen (secondary N) is 2. The van der Waals surface area contributed by atoms with E-state index in [2.05, 4.69) is 27.8 Å². The Hall–Kier alpha value is -1.89. The second-order valence-corrected chi connectivity index (χ2v) is 8.38. The van der Waals surface area contributed by atoms with Gasteiger partial charge in [0.15, 0.2) is 5.96 Å². The van der Waals surface area contributed by atoms with Gasteiger partial charge < -0.3 is 15.4 Å². The highest BCUT2D eigenvalue weighted by atomic mass is 16.5. The predicted molar refractivity (Wildman–Crippen MR) is 107 cm³/mol. The third-order valence-corrected chi connectivity index (χ3v) is 6.68. The Labute approximate surface area is 167 Å². The lowest BCUT2D eigenvalue weighted by atomic mass is 9.85. The first-order valence-electron chi connectivity index (χ1n) is 10.8. The molecule has 1 aliphatic heterocycles. The van der Waals surface area contributed by atoms with Crippen molar-refractivity contribution in [1.82, 2.24) is 15.5 Å². The maximum absolute atomic E-state index is 12.7. The van der Waals surface area contributed by atoms with Crippen LogP contribution < -0.4 is 10.6 Å². The first-order valence-corrected chi connectivity index (χ1v) is 10.8. The number of guanidine groups is 1. The summed E-state index contributed by atoms with van der Waals surface area (Å²) < 4.78 is 5.86. The lowest BCUT2D eigenvalue weighted by Crippen LogP contribution is -2.44. The van der Waals surface area contributed by atoms with Gasteiger partial charge in [-0.25, -0.2) is 0 Å². The van der Waals surface area contributed by atoms with Crippen LogP contribution in [-0.4, -0.2) is 62.1 Å². The monoisotopic (exact) mass is 388 g/mol. The summed E-state index contributed by atoms with van der Waals surface area (Å²) in [7, 11) is 1.73. The first kappa shape index (κ1) is 19.4. The van der Waals surface area contributed by atoms with Gasteiger partial charge in [0.25, 0.3) is 0 Å². The standard InChI is InChI=1S/C21H32N4O3/c1-22-21(23-9-4-12-28-16-5-2-3-6-16)24-10-11-25-19(26)17-14-7-8-15(13-14)18(17)20(25)27/h7-8,14-18H,2-6,9-13H2,1H3,(H2,22,23,24). The number of rotatable bonds is 8. The molecule has 3 aliphatic carbocycles. The number of imide groups is 1. The van der Waals surface area contributed by atoms with Crippen LogP contribution in [0.5, 0.6) is 0 Å². The van der Waals surface area contributed by atoms with Gasteiger partial charge >= 0.3 is 0 Å². The zero-order valence-corrected chi connectivity index (χ0v) is 16.7. The van der Waals surface area contributed by atoms with Crippen LogP contribution in [0, 0.1) is 23.7 Å². The van der Waals surface area contributed by atoms with Crippen molar-refractivity contribution in [3.05, 3.63) is 12.2 Å². The summed E-state index contributed by atoms with van der Waals surface area (Å²) in [5, 5.41) is 6.48. The van der Waals surface area contributed by atoms with E-state index in [1.807, 2.05) is 0 Å². The van der Waals surface area contributed by atoms with Crippen LogP contribution in [0.4, 0.5) is 0 Å². The summed E-state index contributed by atoms with van der Waals surface area (Å²) in [6.07, 6.45) is 11.6. The van der Waals surface area contributed by atoms with Gasteiger partial charge in [-0.05, 0) is 37.5 Å². The molecule has 7 nitrogen and oxygen atoms in total. The van der Waals surface area contributed by atoms with Crippen LogP contribution >= 0.6 is 0 Å². The molecule has 1 heterocycles. The smallest absolute Gasteiger partial charge is 0.233 e. The molecule has 0 radical (unpaired) electrons. The molecule has 0 aromatic carbocycles. The highest BCUT2D eigenvalue weighted by molar-refractivity contribution is 6.06. The zero-order chi connectivity index (χ0) is 19.5. The molecule has 154 valence electrons. The van der Waals surface area contributed by atoms with Crippen molar-refractivity contribution in [3.63, 3.8) is 0 Å². The summed E-state index contributed by atoms with van der Waals surface area (Å²) in [6.45, 7) is 2.46. The highest BCUT2D eigenvalue weighted by Crippen LogP contribution is 2.52. The Balaban J connectivity index is 1.14. The van der Waals surface area contributed by atoms with Crippen LogP contribution in [0.3, 0.4) is 0 Å². The minimum atomic E-state index is -0.111. The van der Waals surface area contributed by atoms with Crippen molar-refractivity contribution in [2.45, 2.75) is 44.6 Å². The number of aliphatic imine (C=N–C) groups is 1. The van der Waals surface area contributed by atoms with Crippen molar-refractivity contribution in [1.29, 1.82) is 0 Å². The number of amides is 2. The van der Waals surface area contributed by atoms with Crippen molar-refractivity contribution in [2.24, 2.45) is 28.7 Å². The highest BCUT2D eigenvalue weighted by Gasteiger charge is 2.58. The van der Waals surface area contributed by atoms with Crippen LogP contribution in [0.1, 0.15) is 38.5 Å². The summed E-state index contributed by atoms with van der Waals surface area (Å²) in [6, 6.07) is 0. The Morgan fingerprint density at radius 3 is 2.39 bits per heavy atom. The van der Waals surface area contributed by atoms with Gasteiger partial charge in [-0.1, -0.05) is 25.0 Å². The van der Waals surface area contributed by atoms with E-state index in [1.165, 1.54) is 30.6 Å². The molecule has 4 rings (SSSR count). The summed E-state index contributed by atoms with van der Waals surface area (Å²) in [5.74, 6) is 1.04. The first-order chi connectivity index (χ1) is 13.7. The third-order valence-electron chi connectivity index (χ3n) is 6.68. The molecule has 1 saturated heterocycles. The average molecular weight is 389 g/mol. The molecule has 2 saturated carbocycles. The number of nitrogens with zero attached hydrogens (tertiary/aromatic N) is 2. The van der Waals surface area contributed by atoms with Gasteiger partial charge in [-0.15, -0.1) is 0 Å². The molecule has 28 heavy (non-hydrogen) atoms. The number of allylic oxidation sites excluding steroid dienone is 2. The second kappa shape index (κ2) is 8.64. The lowest BCUT2D eigenvalue weighted by molar-refractivity contribution is -0.140. The molecule has 0 aromatic rings. The van der Waals surface area contributed by atoms with Crippen molar-refractivity contribution < 1.29 is 14.3 Å². The van der Waals surface area contributed by atoms with E-state index in [0.717, 1.165) is 26.0 Å². The molecule has 2 N–H and O–H groups in total. The maximum Gasteiger partial charge on any atom is 0.233 e. The van der Waals surface area contributed by atoms with Gasteiger partial charge in [-0.2, -0.15) is 0 Å². The van der Waals surface area contributed by atoms with Crippen molar-refractivity contribution in [3.8, 4) is 0 Å².